The van der Waals surface area contributed by atoms with Crippen LogP contribution in [0.5, 0.6) is 0 Å². The van der Waals surface area contributed by atoms with E-state index in [-0.39, 0.29) is 63.7 Å². The number of aromatic nitrogens is 1. The lowest BCUT2D eigenvalue weighted by molar-refractivity contribution is 0.00636. The van der Waals surface area contributed by atoms with E-state index in [0.29, 0.717) is 0 Å². The molecule has 0 bridgehead atoms. The molecular formula is C18H12Cl2FNO5. The van der Waals surface area contributed by atoms with Crippen molar-refractivity contribution in [2.75, 3.05) is 0 Å². The first-order valence-electron chi connectivity index (χ1n) is 8.07. The maximum Gasteiger partial charge on any atom is 0.336 e. The van der Waals surface area contributed by atoms with Crippen molar-refractivity contribution in [2.45, 2.75) is 32.0 Å². The monoisotopic (exact) mass is 411 g/mol. The van der Waals surface area contributed by atoms with E-state index in [1.807, 2.05) is 0 Å². The molecule has 0 saturated heterocycles. The van der Waals surface area contributed by atoms with Crippen molar-refractivity contribution in [3.8, 4) is 11.1 Å². The van der Waals surface area contributed by atoms with E-state index in [9.17, 15) is 19.1 Å². The third kappa shape index (κ3) is 2.96. The van der Waals surface area contributed by atoms with Crippen LogP contribution in [0, 0.1) is 5.82 Å². The number of carbonyl (C=O) groups is 1. The zero-order chi connectivity index (χ0) is 19.5. The van der Waals surface area contributed by atoms with Gasteiger partial charge in [-0.15, -0.1) is 0 Å². The number of aliphatic hydroxyl groups excluding tert-OH is 1. The van der Waals surface area contributed by atoms with Crippen molar-refractivity contribution in [3.05, 3.63) is 55.8 Å². The van der Waals surface area contributed by atoms with Gasteiger partial charge in [0.2, 0.25) is 0 Å². The Morgan fingerprint density at radius 3 is 2.67 bits per heavy atom. The first-order valence-corrected chi connectivity index (χ1v) is 8.83. The minimum absolute atomic E-state index is 0.0145. The zero-order valence-electron chi connectivity index (χ0n) is 13.9. The molecule has 0 saturated carbocycles. The quantitative estimate of drug-likeness (QED) is 0.707. The summed E-state index contributed by atoms with van der Waals surface area (Å²) in [6.45, 7) is 1.77. The summed E-state index contributed by atoms with van der Waals surface area (Å²) in [6, 6.07) is 2.04. The Bertz CT molecular complexity index is 1080. The number of carbonyl (C=O) groups excluding carboxylic acids is 1. The number of pyridine rings is 1. The van der Waals surface area contributed by atoms with Crippen LogP contribution in [0.15, 0.2) is 27.1 Å². The van der Waals surface area contributed by atoms with Gasteiger partial charge in [-0.05, 0) is 13.0 Å². The predicted octanol–water partition coefficient (Wildman–Crippen LogP) is 4.18. The molecule has 4 rings (SSSR count). The number of aliphatic hydroxyl groups is 1. The Morgan fingerprint density at radius 1 is 1.19 bits per heavy atom. The highest BCUT2D eigenvalue weighted by Gasteiger charge is 2.40. The van der Waals surface area contributed by atoms with Gasteiger partial charge in [-0.25, -0.2) is 14.2 Å². The Kier molecular flexibility index (Phi) is 4.33. The number of hydrogen-bond donors (Lipinski definition) is 1. The van der Waals surface area contributed by atoms with Gasteiger partial charge in [0.05, 0.1) is 23.3 Å². The molecule has 9 heteroatoms. The second kappa shape index (κ2) is 6.44. The Balaban J connectivity index is 2.03. The van der Waals surface area contributed by atoms with Gasteiger partial charge < -0.3 is 14.3 Å². The highest BCUT2D eigenvalue weighted by atomic mass is 35.5. The molecule has 1 aliphatic carbocycles. The summed E-state index contributed by atoms with van der Waals surface area (Å²) < 4.78 is 24.9. The maximum atomic E-state index is 13.9. The molecule has 0 aromatic carbocycles. The fourth-order valence-electron chi connectivity index (χ4n) is 3.47. The molecule has 27 heavy (non-hydrogen) atoms. The summed E-state index contributed by atoms with van der Waals surface area (Å²) in [5.74, 6) is -1.34. The van der Waals surface area contributed by atoms with E-state index in [4.69, 9.17) is 32.4 Å². The molecular weight excluding hydrogens is 400 g/mol. The number of fused-ring (bicyclic) bond motifs is 3. The molecule has 6 nitrogen and oxygen atoms in total. The fraction of sp³-hybridized carbons (Fsp3) is 0.278. The molecule has 140 valence electrons. The van der Waals surface area contributed by atoms with Crippen LogP contribution in [0.3, 0.4) is 0 Å². The Labute approximate surface area is 162 Å². The number of Topliss-reactive ketones (excluding diaryl/α,β-unsaturated/α-hetero) is 1. The van der Waals surface area contributed by atoms with Gasteiger partial charge in [0.15, 0.2) is 22.5 Å². The molecule has 2 atom stereocenters. The summed E-state index contributed by atoms with van der Waals surface area (Å²) in [7, 11) is 0. The van der Waals surface area contributed by atoms with Gasteiger partial charge in [0.1, 0.15) is 10.9 Å². The van der Waals surface area contributed by atoms with Crippen LogP contribution in [0.2, 0.25) is 10.3 Å². The Hall–Kier alpha value is -2.22. The van der Waals surface area contributed by atoms with Crippen LogP contribution in [-0.2, 0) is 4.74 Å². The first-order chi connectivity index (χ1) is 12.8. The van der Waals surface area contributed by atoms with E-state index in [1.165, 1.54) is 0 Å². The lowest BCUT2D eigenvalue weighted by Crippen LogP contribution is -2.35. The predicted molar refractivity (Wildman–Crippen MR) is 95.6 cm³/mol. The van der Waals surface area contributed by atoms with Gasteiger partial charge in [-0.2, -0.15) is 0 Å². The summed E-state index contributed by atoms with van der Waals surface area (Å²) in [4.78, 5) is 28.6. The lowest BCUT2D eigenvalue weighted by atomic mass is 9.82. The number of rotatable bonds is 1. The number of ether oxygens (including phenoxy) is 1. The average Bonchev–Trinajstić information content (AvgIpc) is 2.56. The minimum Gasteiger partial charge on any atom is -0.512 e. The van der Waals surface area contributed by atoms with Crippen LogP contribution < -0.4 is 5.63 Å². The summed E-state index contributed by atoms with van der Waals surface area (Å²) in [5.41, 5.74) is -0.421. The molecule has 2 unspecified atom stereocenters. The zero-order valence-corrected chi connectivity index (χ0v) is 15.4. The molecule has 2 aliphatic rings. The van der Waals surface area contributed by atoms with Gasteiger partial charge >= 0.3 is 5.63 Å². The van der Waals surface area contributed by atoms with E-state index >= 15 is 0 Å². The van der Waals surface area contributed by atoms with E-state index in [0.717, 1.165) is 12.1 Å². The normalized spacial score (nSPS) is 21.9. The van der Waals surface area contributed by atoms with Crippen molar-refractivity contribution >= 4 is 34.6 Å². The third-order valence-electron chi connectivity index (χ3n) is 4.54. The van der Waals surface area contributed by atoms with Crippen molar-refractivity contribution in [2.24, 2.45) is 0 Å². The van der Waals surface area contributed by atoms with Crippen LogP contribution in [-0.4, -0.2) is 28.1 Å². The van der Waals surface area contributed by atoms with E-state index in [1.54, 1.807) is 6.92 Å². The first kappa shape index (κ1) is 18.2. The topological polar surface area (TPSA) is 89.6 Å². The largest absolute Gasteiger partial charge is 0.512 e. The summed E-state index contributed by atoms with van der Waals surface area (Å²) >= 11 is 11.7. The van der Waals surface area contributed by atoms with Gasteiger partial charge in [0, 0.05) is 30.0 Å². The summed E-state index contributed by atoms with van der Waals surface area (Å²) in [6.07, 6.45) is -0.848. The van der Waals surface area contributed by atoms with E-state index < -0.39 is 22.7 Å². The Morgan fingerprint density at radius 2 is 1.93 bits per heavy atom. The molecule has 0 spiro atoms. The molecule has 2 aromatic rings. The van der Waals surface area contributed by atoms with Crippen molar-refractivity contribution in [1.82, 2.24) is 4.98 Å². The van der Waals surface area contributed by atoms with Crippen LogP contribution >= 0.6 is 23.2 Å². The molecule has 1 aliphatic heterocycles. The van der Waals surface area contributed by atoms with Gasteiger partial charge in [-0.3, -0.25) is 4.79 Å². The summed E-state index contributed by atoms with van der Waals surface area (Å²) in [5, 5.41) is 9.81. The second-order valence-electron chi connectivity index (χ2n) is 6.41. The van der Waals surface area contributed by atoms with Crippen molar-refractivity contribution < 1.29 is 23.4 Å². The average molecular weight is 412 g/mol. The third-order valence-corrected chi connectivity index (χ3v) is 5.10. The smallest absolute Gasteiger partial charge is 0.336 e. The van der Waals surface area contributed by atoms with Gasteiger partial charge in [-0.1, -0.05) is 23.2 Å². The van der Waals surface area contributed by atoms with Crippen LogP contribution in [0.25, 0.3) is 16.7 Å². The van der Waals surface area contributed by atoms with Crippen molar-refractivity contribution in [3.63, 3.8) is 0 Å². The molecule has 3 heterocycles. The number of halogens is 3. The lowest BCUT2D eigenvalue weighted by Gasteiger charge is -2.33. The molecule has 0 radical (unpaired) electrons. The highest BCUT2D eigenvalue weighted by Crippen LogP contribution is 2.43. The molecule has 0 amide bonds. The maximum absolute atomic E-state index is 13.9. The second-order valence-corrected chi connectivity index (χ2v) is 7.13. The molecule has 1 N–H and O–H groups in total. The fourth-order valence-corrected chi connectivity index (χ4v) is 3.89. The van der Waals surface area contributed by atoms with Crippen LogP contribution in [0.1, 0.15) is 35.9 Å². The number of hydrogen-bond acceptors (Lipinski definition) is 6. The van der Waals surface area contributed by atoms with Crippen LogP contribution in [0.4, 0.5) is 4.39 Å². The van der Waals surface area contributed by atoms with Gasteiger partial charge in [0.25, 0.3) is 0 Å². The highest BCUT2D eigenvalue weighted by molar-refractivity contribution is 6.34. The number of ketones is 1. The SMILES string of the molecule is CC1CC(O)=C2c3oc(=O)cc(-c4cc(F)c(Cl)nc4Cl)c3C(=O)CC2O1. The van der Waals surface area contributed by atoms with Crippen molar-refractivity contribution in [1.29, 1.82) is 0 Å². The minimum atomic E-state index is -0.851. The van der Waals surface area contributed by atoms with E-state index in [2.05, 4.69) is 4.98 Å². The number of nitrogens with zero attached hydrogens (tertiary/aromatic N) is 1. The standard InChI is InChI=1S/C18H12Cl2FNO5/c1-6-2-10(23)15-12(26-6)5-11(24)14-7(4-13(25)27-16(14)15)8-3-9(21)18(20)22-17(8)19/h3-4,6,12,23H,2,5H2,1H3. The molecule has 0 fully saturated rings. The molecule has 2 aromatic heterocycles.